The molecule has 0 atom stereocenters. The Morgan fingerprint density at radius 3 is 2.80 bits per heavy atom. The normalized spacial score (nSPS) is 10.3. The van der Waals surface area contributed by atoms with Crippen LogP contribution in [-0.2, 0) is 0 Å². The summed E-state index contributed by atoms with van der Waals surface area (Å²) in [5.41, 5.74) is 6.25. The molecule has 0 unspecified atom stereocenters. The van der Waals surface area contributed by atoms with E-state index in [-0.39, 0.29) is 6.61 Å². The molecule has 0 saturated heterocycles. The summed E-state index contributed by atoms with van der Waals surface area (Å²) in [5, 5.41) is 9.16. The van der Waals surface area contributed by atoms with Crippen molar-refractivity contribution in [3.8, 4) is 5.75 Å². The molecule has 3 nitrogen and oxygen atoms in total. The van der Waals surface area contributed by atoms with Gasteiger partial charge in [-0.1, -0.05) is 11.6 Å². The molecule has 1 rings (SSSR count). The van der Waals surface area contributed by atoms with Gasteiger partial charge in [-0.15, -0.1) is 0 Å². The predicted octanol–water partition coefficient (Wildman–Crippen LogP) is 2.46. The number of unbranched alkanes of at least 4 members (excludes halogenated alkanes) is 2. The third-order valence-electron chi connectivity index (χ3n) is 2.02. The van der Waals surface area contributed by atoms with Gasteiger partial charge < -0.3 is 15.6 Å². The molecule has 4 heteroatoms. The maximum Gasteiger partial charge on any atom is 0.139 e. The first kappa shape index (κ1) is 12.1. The predicted molar refractivity (Wildman–Crippen MR) is 62.3 cm³/mol. The van der Waals surface area contributed by atoms with E-state index in [1.165, 1.54) is 0 Å². The molecule has 15 heavy (non-hydrogen) atoms. The summed E-state index contributed by atoms with van der Waals surface area (Å²) >= 11 is 5.92. The quantitative estimate of drug-likeness (QED) is 0.582. The Kier molecular flexibility index (Phi) is 5.29. The summed E-state index contributed by atoms with van der Waals surface area (Å²) in [6.07, 6.45) is 2.68. The largest absolute Gasteiger partial charge is 0.492 e. The molecule has 1 aromatic carbocycles. The number of ether oxygens (including phenoxy) is 1. The van der Waals surface area contributed by atoms with Crippen molar-refractivity contribution in [2.24, 2.45) is 0 Å². The van der Waals surface area contributed by atoms with Crippen molar-refractivity contribution in [2.75, 3.05) is 18.9 Å². The van der Waals surface area contributed by atoms with Gasteiger partial charge in [-0.3, -0.25) is 0 Å². The van der Waals surface area contributed by atoms with Gasteiger partial charge in [0.05, 0.1) is 11.6 Å². The van der Waals surface area contributed by atoms with E-state index in [2.05, 4.69) is 0 Å². The molecule has 0 spiro atoms. The van der Waals surface area contributed by atoms with Crippen molar-refractivity contribution in [2.45, 2.75) is 19.3 Å². The van der Waals surface area contributed by atoms with Gasteiger partial charge in [0.15, 0.2) is 0 Å². The van der Waals surface area contributed by atoms with Gasteiger partial charge in [0.1, 0.15) is 5.75 Å². The molecule has 0 aliphatic carbocycles. The Hall–Kier alpha value is -0.930. The van der Waals surface area contributed by atoms with Crippen LogP contribution in [0.4, 0.5) is 5.69 Å². The lowest BCUT2D eigenvalue weighted by molar-refractivity contribution is 0.266. The number of hydrogen-bond donors (Lipinski definition) is 2. The first-order valence-electron chi connectivity index (χ1n) is 5.02. The SMILES string of the molecule is Nc1ccc(Cl)c(OCCCCCO)c1. The van der Waals surface area contributed by atoms with Gasteiger partial charge >= 0.3 is 0 Å². The molecule has 0 aliphatic heterocycles. The molecule has 0 aliphatic rings. The fourth-order valence-electron chi connectivity index (χ4n) is 1.20. The molecule has 0 radical (unpaired) electrons. The van der Waals surface area contributed by atoms with E-state index in [0.717, 1.165) is 19.3 Å². The maximum absolute atomic E-state index is 8.58. The first-order valence-corrected chi connectivity index (χ1v) is 5.40. The second-order valence-electron chi connectivity index (χ2n) is 3.32. The third kappa shape index (κ3) is 4.40. The number of halogens is 1. The zero-order valence-electron chi connectivity index (χ0n) is 8.58. The smallest absolute Gasteiger partial charge is 0.139 e. The zero-order chi connectivity index (χ0) is 11.1. The van der Waals surface area contributed by atoms with Gasteiger partial charge in [-0.05, 0) is 31.4 Å². The van der Waals surface area contributed by atoms with Crippen molar-refractivity contribution in [1.82, 2.24) is 0 Å². The van der Waals surface area contributed by atoms with Crippen molar-refractivity contribution >= 4 is 17.3 Å². The molecular weight excluding hydrogens is 214 g/mol. The minimum atomic E-state index is 0.235. The van der Waals surface area contributed by atoms with Crippen LogP contribution in [0.3, 0.4) is 0 Å². The molecular formula is C11H16ClNO2. The highest BCUT2D eigenvalue weighted by atomic mass is 35.5. The summed E-state index contributed by atoms with van der Waals surface area (Å²) < 4.78 is 5.47. The first-order chi connectivity index (χ1) is 7.24. The van der Waals surface area contributed by atoms with Crippen LogP contribution in [0.15, 0.2) is 18.2 Å². The summed E-state index contributed by atoms with van der Waals surface area (Å²) in [6, 6.07) is 5.18. The Balaban J connectivity index is 2.33. The minimum absolute atomic E-state index is 0.235. The van der Waals surface area contributed by atoms with Crippen molar-refractivity contribution in [3.63, 3.8) is 0 Å². The summed E-state index contributed by atoms with van der Waals surface area (Å²) in [6.45, 7) is 0.836. The number of anilines is 1. The highest BCUT2D eigenvalue weighted by Crippen LogP contribution is 2.26. The van der Waals surface area contributed by atoms with Crippen LogP contribution in [0.2, 0.25) is 5.02 Å². The Morgan fingerprint density at radius 1 is 1.27 bits per heavy atom. The maximum atomic E-state index is 8.58. The van der Waals surface area contributed by atoms with E-state index in [9.17, 15) is 0 Å². The van der Waals surface area contributed by atoms with Gasteiger partial charge in [-0.25, -0.2) is 0 Å². The number of rotatable bonds is 6. The molecule has 0 aromatic heterocycles. The Bertz CT molecular complexity index is 305. The van der Waals surface area contributed by atoms with Gasteiger partial charge in [0, 0.05) is 18.4 Å². The monoisotopic (exact) mass is 229 g/mol. The molecule has 3 N–H and O–H groups in total. The Morgan fingerprint density at radius 2 is 2.07 bits per heavy atom. The van der Waals surface area contributed by atoms with E-state index in [0.29, 0.717) is 23.1 Å². The van der Waals surface area contributed by atoms with Crippen LogP contribution < -0.4 is 10.5 Å². The summed E-state index contributed by atoms with van der Waals surface area (Å²) in [4.78, 5) is 0. The number of hydrogen-bond acceptors (Lipinski definition) is 3. The van der Waals surface area contributed by atoms with Crippen LogP contribution in [0.1, 0.15) is 19.3 Å². The van der Waals surface area contributed by atoms with Crippen molar-refractivity contribution < 1.29 is 9.84 Å². The van der Waals surface area contributed by atoms with Crippen LogP contribution in [0.25, 0.3) is 0 Å². The highest BCUT2D eigenvalue weighted by molar-refractivity contribution is 6.32. The van der Waals surface area contributed by atoms with Gasteiger partial charge in [0.2, 0.25) is 0 Å². The van der Waals surface area contributed by atoms with E-state index in [1.54, 1.807) is 18.2 Å². The van der Waals surface area contributed by atoms with E-state index >= 15 is 0 Å². The van der Waals surface area contributed by atoms with Gasteiger partial charge in [-0.2, -0.15) is 0 Å². The highest BCUT2D eigenvalue weighted by Gasteiger charge is 2.01. The topological polar surface area (TPSA) is 55.5 Å². The molecule has 0 fully saturated rings. The number of aliphatic hydroxyl groups is 1. The molecule has 1 aromatic rings. The second kappa shape index (κ2) is 6.53. The minimum Gasteiger partial charge on any atom is -0.492 e. The number of aliphatic hydroxyl groups excluding tert-OH is 1. The molecule has 84 valence electrons. The fraction of sp³-hybridized carbons (Fsp3) is 0.455. The van der Waals surface area contributed by atoms with Crippen LogP contribution in [-0.4, -0.2) is 18.3 Å². The van der Waals surface area contributed by atoms with Crippen molar-refractivity contribution in [3.05, 3.63) is 23.2 Å². The fourth-order valence-corrected chi connectivity index (χ4v) is 1.38. The Labute approximate surface area is 94.8 Å². The average Bonchev–Trinajstić information content (AvgIpc) is 2.23. The lowest BCUT2D eigenvalue weighted by Gasteiger charge is -2.08. The number of benzene rings is 1. The van der Waals surface area contributed by atoms with Crippen LogP contribution in [0.5, 0.6) is 5.75 Å². The summed E-state index contributed by atoms with van der Waals surface area (Å²) in [5.74, 6) is 0.626. The molecule has 0 saturated carbocycles. The van der Waals surface area contributed by atoms with E-state index < -0.39 is 0 Å². The van der Waals surface area contributed by atoms with Crippen LogP contribution in [0, 0.1) is 0 Å². The van der Waals surface area contributed by atoms with Gasteiger partial charge in [0.25, 0.3) is 0 Å². The average molecular weight is 230 g/mol. The van der Waals surface area contributed by atoms with E-state index in [4.69, 9.17) is 27.2 Å². The molecule has 0 bridgehead atoms. The second-order valence-corrected chi connectivity index (χ2v) is 3.73. The summed E-state index contributed by atoms with van der Waals surface area (Å²) in [7, 11) is 0. The molecule has 0 heterocycles. The zero-order valence-corrected chi connectivity index (χ0v) is 9.33. The molecule has 0 amide bonds. The third-order valence-corrected chi connectivity index (χ3v) is 2.33. The van der Waals surface area contributed by atoms with E-state index in [1.807, 2.05) is 0 Å². The number of nitrogen functional groups attached to an aromatic ring is 1. The lowest BCUT2D eigenvalue weighted by atomic mass is 10.2. The number of nitrogens with two attached hydrogens (primary N) is 1. The van der Waals surface area contributed by atoms with Crippen LogP contribution >= 0.6 is 11.6 Å². The lowest BCUT2D eigenvalue weighted by Crippen LogP contribution is -1.99. The van der Waals surface area contributed by atoms with Crippen molar-refractivity contribution in [1.29, 1.82) is 0 Å². The standard InChI is InChI=1S/C11H16ClNO2/c12-10-5-4-9(13)8-11(10)15-7-3-1-2-6-14/h4-5,8,14H,1-3,6-7,13H2.